The van der Waals surface area contributed by atoms with Crippen molar-refractivity contribution in [2.75, 3.05) is 13.2 Å². The van der Waals surface area contributed by atoms with Crippen LogP contribution in [0.2, 0.25) is 0 Å². The number of hydrogen-bond acceptors (Lipinski definition) is 6. The second kappa shape index (κ2) is 51.4. The van der Waals surface area contributed by atoms with Crippen molar-refractivity contribution >= 4 is 17.9 Å². The van der Waals surface area contributed by atoms with E-state index in [0.717, 1.165) is 63.7 Å². The number of carbonyl (C=O) groups excluding carboxylic acids is 3. The minimum Gasteiger partial charge on any atom is -0.462 e. The summed E-state index contributed by atoms with van der Waals surface area (Å²) in [6.45, 7) is 9.08. The molecule has 0 N–H and O–H groups in total. The molecular weight excluding hydrogens is 781 g/mol. The molecule has 0 aliphatic rings. The Kier molecular flexibility index (Phi) is 50.1. The molecule has 0 spiro atoms. The zero-order valence-electron chi connectivity index (χ0n) is 43.0. The molecule has 0 aromatic carbocycles. The summed E-state index contributed by atoms with van der Waals surface area (Å²) in [7, 11) is 0. The molecular formula is C57H110O6. The van der Waals surface area contributed by atoms with Gasteiger partial charge in [-0.1, -0.05) is 285 Å². The third-order valence-corrected chi connectivity index (χ3v) is 13.4. The van der Waals surface area contributed by atoms with Crippen LogP contribution in [0.5, 0.6) is 0 Å². The van der Waals surface area contributed by atoms with Gasteiger partial charge in [0.2, 0.25) is 0 Å². The molecule has 0 saturated carbocycles. The summed E-state index contributed by atoms with van der Waals surface area (Å²) in [6.07, 6.45) is 55.2. The van der Waals surface area contributed by atoms with E-state index in [9.17, 15) is 14.4 Å². The molecule has 0 aliphatic heterocycles. The summed E-state index contributed by atoms with van der Waals surface area (Å²) in [5, 5.41) is 0. The zero-order valence-corrected chi connectivity index (χ0v) is 43.0. The van der Waals surface area contributed by atoms with Crippen molar-refractivity contribution < 1.29 is 28.6 Å². The Morgan fingerprint density at radius 3 is 0.825 bits per heavy atom. The summed E-state index contributed by atoms with van der Waals surface area (Å²) >= 11 is 0. The summed E-state index contributed by atoms with van der Waals surface area (Å²) < 4.78 is 16.8. The molecule has 6 heteroatoms. The number of carbonyl (C=O) groups is 3. The lowest BCUT2D eigenvalue weighted by atomic mass is 9.99. The van der Waals surface area contributed by atoms with Crippen molar-refractivity contribution in [3.63, 3.8) is 0 Å². The van der Waals surface area contributed by atoms with Crippen LogP contribution in [0.25, 0.3) is 0 Å². The van der Waals surface area contributed by atoms with Gasteiger partial charge in [-0.25, -0.2) is 0 Å². The van der Waals surface area contributed by atoms with E-state index in [2.05, 4.69) is 27.7 Å². The highest BCUT2D eigenvalue weighted by Crippen LogP contribution is 2.18. The van der Waals surface area contributed by atoms with E-state index in [1.807, 2.05) is 0 Å². The Labute approximate surface area is 393 Å². The second-order valence-electron chi connectivity index (χ2n) is 19.8. The smallest absolute Gasteiger partial charge is 0.306 e. The molecule has 0 aromatic rings. The summed E-state index contributed by atoms with van der Waals surface area (Å²) in [5.74, 6) is 0.0702. The zero-order chi connectivity index (χ0) is 45.9. The Bertz CT molecular complexity index is 951. The number of hydrogen-bond donors (Lipinski definition) is 0. The van der Waals surface area contributed by atoms with Crippen LogP contribution in [0.3, 0.4) is 0 Å². The van der Waals surface area contributed by atoms with Crippen LogP contribution in [0, 0.1) is 5.92 Å². The van der Waals surface area contributed by atoms with Crippen LogP contribution in [0.15, 0.2) is 0 Å². The van der Waals surface area contributed by atoms with Crippen LogP contribution in [0.1, 0.15) is 323 Å². The monoisotopic (exact) mass is 891 g/mol. The Morgan fingerprint density at radius 1 is 0.317 bits per heavy atom. The molecule has 374 valence electrons. The van der Waals surface area contributed by atoms with Crippen molar-refractivity contribution in [2.24, 2.45) is 5.92 Å². The molecule has 63 heavy (non-hydrogen) atoms. The van der Waals surface area contributed by atoms with Gasteiger partial charge in [0.1, 0.15) is 13.2 Å². The molecule has 2 atom stereocenters. The van der Waals surface area contributed by atoms with Crippen LogP contribution in [-0.4, -0.2) is 37.2 Å². The first-order valence-electron chi connectivity index (χ1n) is 28.4. The first kappa shape index (κ1) is 61.4. The van der Waals surface area contributed by atoms with Gasteiger partial charge in [-0.2, -0.15) is 0 Å². The SMILES string of the molecule is CCCCCCCCCCCCCCCC(=O)OC[C@@H](COC(=O)CCCCCCCCCCCCCCCCCCCCC(C)CC)OC(=O)CCCCCCCCCCCC. The largest absolute Gasteiger partial charge is 0.462 e. The van der Waals surface area contributed by atoms with Crippen LogP contribution in [0.4, 0.5) is 0 Å². The minimum absolute atomic E-state index is 0.0621. The van der Waals surface area contributed by atoms with Crippen molar-refractivity contribution in [3.05, 3.63) is 0 Å². The standard InChI is InChI=1S/C57H110O6/c1-5-8-10-12-14-16-18-25-29-33-36-40-44-48-55(58)61-51-54(63-57(60)50-46-42-38-32-17-15-13-11-9-6-2)52-62-56(59)49-45-41-37-34-30-27-24-22-20-19-21-23-26-28-31-35-39-43-47-53(4)7-3/h53-54H,5-52H2,1-4H3/t53?,54-/m0/s1. The molecule has 0 saturated heterocycles. The predicted molar refractivity (Wildman–Crippen MR) is 270 cm³/mol. The Balaban J connectivity index is 4.16. The van der Waals surface area contributed by atoms with E-state index < -0.39 is 6.10 Å². The number of ether oxygens (including phenoxy) is 3. The maximum atomic E-state index is 12.8. The molecule has 0 aliphatic carbocycles. The highest BCUT2D eigenvalue weighted by molar-refractivity contribution is 5.71. The fourth-order valence-corrected chi connectivity index (χ4v) is 8.72. The van der Waals surface area contributed by atoms with Gasteiger partial charge in [0.15, 0.2) is 6.10 Å². The van der Waals surface area contributed by atoms with E-state index in [-0.39, 0.29) is 31.1 Å². The van der Waals surface area contributed by atoms with Gasteiger partial charge in [-0.15, -0.1) is 0 Å². The van der Waals surface area contributed by atoms with Gasteiger partial charge in [-0.3, -0.25) is 14.4 Å². The Morgan fingerprint density at radius 2 is 0.556 bits per heavy atom. The quantitative estimate of drug-likeness (QED) is 0.0344. The van der Waals surface area contributed by atoms with E-state index in [1.165, 1.54) is 218 Å². The van der Waals surface area contributed by atoms with Gasteiger partial charge < -0.3 is 14.2 Å². The molecule has 0 heterocycles. The van der Waals surface area contributed by atoms with Crippen LogP contribution >= 0.6 is 0 Å². The molecule has 6 nitrogen and oxygen atoms in total. The summed E-state index contributed by atoms with van der Waals surface area (Å²) in [6, 6.07) is 0. The first-order valence-corrected chi connectivity index (χ1v) is 28.4. The highest BCUT2D eigenvalue weighted by Gasteiger charge is 2.19. The Hall–Kier alpha value is -1.59. The van der Waals surface area contributed by atoms with E-state index in [0.29, 0.717) is 19.3 Å². The number of unbranched alkanes of at least 4 members (excludes halogenated alkanes) is 38. The highest BCUT2D eigenvalue weighted by atomic mass is 16.6. The minimum atomic E-state index is -0.760. The molecule has 0 bridgehead atoms. The van der Waals surface area contributed by atoms with Gasteiger partial charge in [-0.05, 0) is 25.2 Å². The van der Waals surface area contributed by atoms with Gasteiger partial charge in [0, 0.05) is 19.3 Å². The van der Waals surface area contributed by atoms with Crippen molar-refractivity contribution in [3.8, 4) is 0 Å². The van der Waals surface area contributed by atoms with Crippen LogP contribution < -0.4 is 0 Å². The fraction of sp³-hybridized carbons (Fsp3) is 0.947. The lowest BCUT2D eigenvalue weighted by Crippen LogP contribution is -2.30. The lowest BCUT2D eigenvalue weighted by Gasteiger charge is -2.18. The van der Waals surface area contributed by atoms with E-state index in [1.54, 1.807) is 0 Å². The lowest BCUT2D eigenvalue weighted by molar-refractivity contribution is -0.167. The molecule has 0 rings (SSSR count). The average Bonchev–Trinajstić information content (AvgIpc) is 3.28. The van der Waals surface area contributed by atoms with Gasteiger partial charge in [0.25, 0.3) is 0 Å². The molecule has 0 amide bonds. The van der Waals surface area contributed by atoms with Crippen LogP contribution in [-0.2, 0) is 28.6 Å². The van der Waals surface area contributed by atoms with Crippen molar-refractivity contribution in [1.82, 2.24) is 0 Å². The summed E-state index contributed by atoms with van der Waals surface area (Å²) in [5.41, 5.74) is 0. The van der Waals surface area contributed by atoms with Crippen molar-refractivity contribution in [1.29, 1.82) is 0 Å². The van der Waals surface area contributed by atoms with Crippen molar-refractivity contribution in [2.45, 2.75) is 329 Å². The van der Waals surface area contributed by atoms with Gasteiger partial charge in [0.05, 0.1) is 0 Å². The van der Waals surface area contributed by atoms with E-state index in [4.69, 9.17) is 14.2 Å². The topological polar surface area (TPSA) is 78.9 Å². The summed E-state index contributed by atoms with van der Waals surface area (Å²) in [4.78, 5) is 38.0. The molecule has 0 aromatic heterocycles. The molecule has 0 radical (unpaired) electrons. The second-order valence-corrected chi connectivity index (χ2v) is 19.8. The maximum absolute atomic E-state index is 12.8. The predicted octanol–water partition coefficient (Wildman–Crippen LogP) is 18.6. The number of rotatable bonds is 52. The fourth-order valence-electron chi connectivity index (χ4n) is 8.72. The number of esters is 3. The average molecular weight is 892 g/mol. The molecule has 0 fully saturated rings. The maximum Gasteiger partial charge on any atom is 0.306 e. The normalized spacial score (nSPS) is 12.4. The van der Waals surface area contributed by atoms with E-state index >= 15 is 0 Å². The third kappa shape index (κ3) is 49.7. The van der Waals surface area contributed by atoms with Gasteiger partial charge >= 0.3 is 17.9 Å². The first-order chi connectivity index (χ1) is 30.9. The molecule has 1 unspecified atom stereocenters. The third-order valence-electron chi connectivity index (χ3n) is 13.4.